The third kappa shape index (κ3) is 9.73. The summed E-state index contributed by atoms with van der Waals surface area (Å²) >= 11 is 0. The summed E-state index contributed by atoms with van der Waals surface area (Å²) in [7, 11) is -1.43. The van der Waals surface area contributed by atoms with Crippen LogP contribution in [0.25, 0.3) is 0 Å². The monoisotopic (exact) mass is 654 g/mol. The maximum atomic E-state index is 14.1. The van der Waals surface area contributed by atoms with E-state index in [4.69, 9.17) is 18.6 Å². The van der Waals surface area contributed by atoms with E-state index in [1.165, 1.54) is 10.6 Å². The molecule has 0 heterocycles. The van der Waals surface area contributed by atoms with Crippen LogP contribution < -0.4 is 20.7 Å². The molecule has 0 N–H and O–H groups in total. The molecule has 0 amide bonds. The van der Waals surface area contributed by atoms with Crippen LogP contribution in [0.15, 0.2) is 121 Å². The lowest BCUT2D eigenvalue weighted by atomic mass is 10.2. The first-order valence-electron chi connectivity index (χ1n) is 15.7. The van der Waals surface area contributed by atoms with E-state index in [-0.39, 0.29) is 17.6 Å². The Morgan fingerprint density at radius 2 is 1.39 bits per heavy atom. The van der Waals surface area contributed by atoms with Crippen LogP contribution in [-0.4, -0.2) is 40.7 Å². The Balaban J connectivity index is 1.58. The van der Waals surface area contributed by atoms with Gasteiger partial charge in [-0.2, -0.15) is 0 Å². The van der Waals surface area contributed by atoms with E-state index in [1.54, 1.807) is 7.11 Å². The molecular formula is C39H47O5PSi. The van der Waals surface area contributed by atoms with E-state index in [0.29, 0.717) is 18.8 Å². The lowest BCUT2D eigenvalue weighted by Crippen LogP contribution is -2.43. The lowest BCUT2D eigenvalue weighted by molar-refractivity contribution is 0.0281. The Morgan fingerprint density at radius 1 is 0.826 bits per heavy atom. The molecule has 0 aliphatic heterocycles. The van der Waals surface area contributed by atoms with E-state index >= 15 is 0 Å². The minimum absolute atomic E-state index is 0.0234. The quantitative estimate of drug-likeness (QED) is 0.0595. The zero-order valence-corrected chi connectivity index (χ0v) is 30.1. The molecule has 5 nitrogen and oxygen atoms in total. The van der Waals surface area contributed by atoms with Gasteiger partial charge in [-0.1, -0.05) is 112 Å². The van der Waals surface area contributed by atoms with Gasteiger partial charge < -0.3 is 18.6 Å². The predicted molar refractivity (Wildman–Crippen MR) is 194 cm³/mol. The van der Waals surface area contributed by atoms with Crippen LogP contribution >= 0.6 is 7.92 Å². The minimum atomic E-state index is -2.10. The van der Waals surface area contributed by atoms with Crippen LogP contribution in [0.5, 0.6) is 5.75 Å². The number of carbonyl (C=O) groups excluding carboxylic acids is 1. The molecule has 0 fully saturated rings. The van der Waals surface area contributed by atoms with Gasteiger partial charge in [0.15, 0.2) is 8.32 Å². The molecule has 0 aliphatic rings. The fourth-order valence-electron chi connectivity index (χ4n) is 4.66. The average molecular weight is 655 g/mol. The van der Waals surface area contributed by atoms with Gasteiger partial charge in [0.2, 0.25) is 0 Å². The van der Waals surface area contributed by atoms with Crippen LogP contribution in [-0.2, 0) is 20.5 Å². The first kappa shape index (κ1) is 35.3. The summed E-state index contributed by atoms with van der Waals surface area (Å²) < 4.78 is 24.1. The number of carbonyl (C=O) groups is 1. The molecule has 4 rings (SSSR count). The van der Waals surface area contributed by atoms with Gasteiger partial charge in [0.25, 0.3) is 0 Å². The summed E-state index contributed by atoms with van der Waals surface area (Å²) in [6.07, 6.45) is 1.40. The maximum Gasteiger partial charge on any atom is 0.339 e. The molecule has 1 atom stereocenters. The molecule has 0 saturated heterocycles. The van der Waals surface area contributed by atoms with Gasteiger partial charge in [-0.15, -0.1) is 0 Å². The second-order valence-corrected chi connectivity index (χ2v) is 19.9. The molecule has 7 heteroatoms. The Hall–Kier alpha value is -3.54. The number of esters is 1. The molecule has 0 saturated carbocycles. The van der Waals surface area contributed by atoms with Gasteiger partial charge in [-0.25, -0.2) is 4.79 Å². The number of hydrogen-bond donors (Lipinski definition) is 0. The third-order valence-corrected chi connectivity index (χ3v) is 15.3. The van der Waals surface area contributed by atoms with Crippen molar-refractivity contribution in [1.29, 1.82) is 0 Å². The Kier molecular flexibility index (Phi) is 12.5. The summed E-state index contributed by atoms with van der Waals surface area (Å²) in [4.78, 5) is 14.1. The van der Waals surface area contributed by atoms with Gasteiger partial charge in [-0.05, 0) is 84.3 Å². The largest absolute Gasteiger partial charge is 0.497 e. The summed E-state index contributed by atoms with van der Waals surface area (Å²) in [6.45, 7) is 14.2. The number of hydrogen-bond acceptors (Lipinski definition) is 5. The van der Waals surface area contributed by atoms with Crippen molar-refractivity contribution < 1.29 is 23.4 Å². The topological polar surface area (TPSA) is 54.0 Å². The average Bonchev–Trinajstić information content (AvgIpc) is 3.05. The van der Waals surface area contributed by atoms with Crippen LogP contribution in [0.3, 0.4) is 0 Å². The van der Waals surface area contributed by atoms with Crippen LogP contribution in [0.1, 0.15) is 43.6 Å². The predicted octanol–water partition coefficient (Wildman–Crippen LogP) is 8.16. The molecule has 0 spiro atoms. The smallest absolute Gasteiger partial charge is 0.339 e. The molecule has 4 aromatic rings. The number of rotatable bonds is 14. The first-order chi connectivity index (χ1) is 22.0. The van der Waals surface area contributed by atoms with Crippen LogP contribution in [0.4, 0.5) is 0 Å². The van der Waals surface area contributed by atoms with Gasteiger partial charge >= 0.3 is 5.97 Å². The molecule has 4 aromatic carbocycles. The molecular weight excluding hydrogens is 607 g/mol. The van der Waals surface area contributed by atoms with E-state index in [1.807, 2.05) is 91.9 Å². The highest BCUT2D eigenvalue weighted by atomic mass is 31.1. The van der Waals surface area contributed by atoms with Gasteiger partial charge in [0.1, 0.15) is 11.9 Å². The summed E-state index contributed by atoms with van der Waals surface area (Å²) in [5.74, 6) is 0.454. The second-order valence-electron chi connectivity index (χ2n) is 12.9. The van der Waals surface area contributed by atoms with Gasteiger partial charge in [0.05, 0.1) is 32.5 Å². The fraction of sp³-hybridized carbons (Fsp3) is 0.308. The van der Waals surface area contributed by atoms with E-state index in [9.17, 15) is 4.79 Å². The van der Waals surface area contributed by atoms with Crippen molar-refractivity contribution >= 4 is 38.1 Å². The van der Waals surface area contributed by atoms with Crippen LogP contribution in [0, 0.1) is 0 Å². The molecule has 0 aromatic heterocycles. The van der Waals surface area contributed by atoms with E-state index in [2.05, 4.69) is 64.2 Å². The summed E-state index contributed by atoms with van der Waals surface area (Å²) in [6, 6.07) is 36.4. The van der Waals surface area contributed by atoms with Crippen molar-refractivity contribution in [2.75, 3.05) is 20.3 Å². The SMILES string of the molecule is COc1ccc(COC/C(C)=C/[C@@H](CO[Si](C)(C)C(C)(C)C)OC(=O)c2ccccc2P(c2ccccc2)c2ccccc2)cc1. The number of benzene rings is 4. The first-order valence-corrected chi connectivity index (χ1v) is 20.0. The van der Waals surface area contributed by atoms with Crippen molar-refractivity contribution in [2.45, 2.75) is 58.5 Å². The highest BCUT2D eigenvalue weighted by Gasteiger charge is 2.38. The van der Waals surface area contributed by atoms with Crippen molar-refractivity contribution in [1.82, 2.24) is 0 Å². The molecule has 0 bridgehead atoms. The zero-order chi connectivity index (χ0) is 33.2. The summed E-state index contributed by atoms with van der Waals surface area (Å²) in [5, 5.41) is 3.33. The molecule has 0 radical (unpaired) electrons. The number of methoxy groups -OCH3 is 1. The maximum absolute atomic E-state index is 14.1. The minimum Gasteiger partial charge on any atom is -0.497 e. The normalized spacial score (nSPS) is 13.0. The van der Waals surface area contributed by atoms with E-state index < -0.39 is 22.3 Å². The number of ether oxygens (including phenoxy) is 3. The standard InChI is InChI=1S/C39H47O5PSi/c1-30(27-42-28-31-22-24-32(41-5)25-23-31)26-33(29-43-46(6,7)39(2,3)4)44-38(40)36-20-14-15-21-37(36)45(34-16-10-8-11-17-34)35-18-12-9-13-19-35/h8-26,33H,27-29H2,1-7H3/b30-26+/t33-/m0/s1. The highest BCUT2D eigenvalue weighted by Crippen LogP contribution is 2.37. The van der Waals surface area contributed by atoms with Crippen molar-refractivity contribution in [2.24, 2.45) is 0 Å². The highest BCUT2D eigenvalue weighted by molar-refractivity contribution is 7.80. The van der Waals surface area contributed by atoms with Crippen molar-refractivity contribution in [3.8, 4) is 5.75 Å². The van der Waals surface area contributed by atoms with Gasteiger partial charge in [0, 0.05) is 0 Å². The Morgan fingerprint density at radius 3 is 1.96 bits per heavy atom. The molecule has 0 unspecified atom stereocenters. The Labute approximate surface area is 277 Å². The zero-order valence-electron chi connectivity index (χ0n) is 28.2. The molecule has 0 aliphatic carbocycles. The van der Waals surface area contributed by atoms with Crippen molar-refractivity contribution in [3.63, 3.8) is 0 Å². The lowest BCUT2D eigenvalue weighted by Gasteiger charge is -2.37. The van der Waals surface area contributed by atoms with E-state index in [0.717, 1.165) is 22.2 Å². The fourth-order valence-corrected chi connectivity index (χ4v) is 8.11. The second kappa shape index (κ2) is 16.3. The molecule has 46 heavy (non-hydrogen) atoms. The van der Waals surface area contributed by atoms with Crippen molar-refractivity contribution in [3.05, 3.63) is 132 Å². The van der Waals surface area contributed by atoms with Gasteiger partial charge in [-0.3, -0.25) is 0 Å². The summed E-state index contributed by atoms with van der Waals surface area (Å²) in [5.41, 5.74) is 2.59. The molecule has 242 valence electrons. The Bertz CT molecular complexity index is 1520. The van der Waals surface area contributed by atoms with Crippen LogP contribution in [0.2, 0.25) is 18.1 Å². The third-order valence-electron chi connectivity index (χ3n) is 8.29.